The molecule has 0 saturated carbocycles. The molecule has 0 bridgehead atoms. The van der Waals surface area contributed by atoms with Crippen molar-refractivity contribution in [3.8, 4) is 6.07 Å². The molecule has 0 N–H and O–H groups in total. The molecule has 0 aliphatic carbocycles. The van der Waals surface area contributed by atoms with Crippen LogP contribution in [0.15, 0.2) is 18.2 Å². The maximum Gasteiger partial charge on any atom is 0.313 e. The summed E-state index contributed by atoms with van der Waals surface area (Å²) in [5.41, 5.74) is 2.54. The van der Waals surface area contributed by atoms with Gasteiger partial charge in [-0.2, -0.15) is 5.26 Å². The van der Waals surface area contributed by atoms with Crippen molar-refractivity contribution < 1.29 is 9.53 Å². The first-order valence-corrected chi connectivity index (χ1v) is 6.38. The van der Waals surface area contributed by atoms with Crippen molar-refractivity contribution in [3.05, 3.63) is 34.9 Å². The molecule has 1 unspecified atom stereocenters. The topological polar surface area (TPSA) is 50.1 Å². The Labute approximate surface area is 108 Å². The van der Waals surface area contributed by atoms with Gasteiger partial charge in [-0.05, 0) is 37.0 Å². The largest absolute Gasteiger partial charge is 0.466 e. The molecule has 0 spiro atoms. The summed E-state index contributed by atoms with van der Waals surface area (Å²) in [6.07, 6.45) is 1.43. The van der Waals surface area contributed by atoms with Gasteiger partial charge in [0, 0.05) is 0 Å². The highest BCUT2D eigenvalue weighted by Crippen LogP contribution is 2.27. The first kappa shape index (κ1) is 14.2. The Morgan fingerprint density at radius 1 is 1.39 bits per heavy atom. The number of benzene rings is 1. The summed E-state index contributed by atoms with van der Waals surface area (Å²) in [4.78, 5) is 11.9. The first-order chi connectivity index (χ1) is 8.69. The van der Waals surface area contributed by atoms with Crippen LogP contribution in [-0.2, 0) is 16.0 Å². The Balaban J connectivity index is 3.21. The molecule has 0 aromatic heterocycles. The van der Waals surface area contributed by atoms with Crippen molar-refractivity contribution in [1.29, 1.82) is 5.26 Å². The third kappa shape index (κ3) is 2.89. The molecule has 0 amide bonds. The van der Waals surface area contributed by atoms with E-state index in [0.29, 0.717) is 18.6 Å². The maximum absolute atomic E-state index is 11.9. The zero-order valence-electron chi connectivity index (χ0n) is 11.2. The molecule has 1 rings (SSSR count). The number of esters is 1. The summed E-state index contributed by atoms with van der Waals surface area (Å²) in [7, 11) is 0. The first-order valence-electron chi connectivity index (χ1n) is 6.38. The zero-order chi connectivity index (χ0) is 13.5. The number of nitrogens with zero attached hydrogens (tertiary/aromatic N) is 1. The summed E-state index contributed by atoms with van der Waals surface area (Å²) in [5, 5.41) is 9.10. The SMILES string of the molecule is CCOC(=O)C(CC)c1cccc(C#N)c1CC. The molecule has 3 heteroatoms. The quantitative estimate of drug-likeness (QED) is 0.748. The number of carbonyl (C=O) groups excluding carboxylic acids is 1. The average Bonchev–Trinajstić information content (AvgIpc) is 2.39. The van der Waals surface area contributed by atoms with Gasteiger partial charge in [0.2, 0.25) is 0 Å². The Bertz CT molecular complexity index is 460. The molecular weight excluding hydrogens is 226 g/mol. The molecule has 96 valence electrons. The van der Waals surface area contributed by atoms with Crippen LogP contribution in [0.4, 0.5) is 0 Å². The van der Waals surface area contributed by atoms with E-state index in [1.165, 1.54) is 0 Å². The van der Waals surface area contributed by atoms with Crippen molar-refractivity contribution in [2.75, 3.05) is 6.61 Å². The van der Waals surface area contributed by atoms with Crippen molar-refractivity contribution in [3.63, 3.8) is 0 Å². The molecule has 0 aliphatic rings. The van der Waals surface area contributed by atoms with Gasteiger partial charge in [0.25, 0.3) is 0 Å². The fourth-order valence-electron chi connectivity index (χ4n) is 2.19. The molecule has 0 heterocycles. The van der Waals surface area contributed by atoms with E-state index in [0.717, 1.165) is 17.5 Å². The molecule has 18 heavy (non-hydrogen) atoms. The second kappa shape index (κ2) is 6.80. The van der Waals surface area contributed by atoms with Crippen LogP contribution in [0, 0.1) is 11.3 Å². The molecule has 0 fully saturated rings. The van der Waals surface area contributed by atoms with Crippen molar-refractivity contribution in [1.82, 2.24) is 0 Å². The van der Waals surface area contributed by atoms with Gasteiger partial charge < -0.3 is 4.74 Å². The normalized spacial score (nSPS) is 11.7. The number of hydrogen-bond acceptors (Lipinski definition) is 3. The van der Waals surface area contributed by atoms with Crippen LogP contribution in [0.5, 0.6) is 0 Å². The summed E-state index contributed by atoms with van der Waals surface area (Å²) >= 11 is 0. The lowest BCUT2D eigenvalue weighted by Crippen LogP contribution is -2.17. The van der Waals surface area contributed by atoms with Gasteiger partial charge in [0.15, 0.2) is 0 Å². The predicted molar refractivity (Wildman–Crippen MR) is 70.2 cm³/mol. The van der Waals surface area contributed by atoms with Gasteiger partial charge >= 0.3 is 5.97 Å². The Kier molecular flexibility index (Phi) is 5.38. The number of hydrogen-bond donors (Lipinski definition) is 0. The van der Waals surface area contributed by atoms with Crippen LogP contribution in [0.1, 0.15) is 49.8 Å². The van der Waals surface area contributed by atoms with Crippen LogP contribution < -0.4 is 0 Å². The standard InChI is InChI=1S/C15H19NO2/c1-4-12-11(10-16)8-7-9-14(12)13(5-2)15(17)18-6-3/h7-9,13H,4-6H2,1-3H3. The van der Waals surface area contributed by atoms with Crippen molar-refractivity contribution >= 4 is 5.97 Å². The van der Waals surface area contributed by atoms with Crippen molar-refractivity contribution in [2.45, 2.75) is 39.5 Å². The van der Waals surface area contributed by atoms with Gasteiger partial charge in [-0.3, -0.25) is 4.79 Å². The molecule has 0 radical (unpaired) electrons. The number of ether oxygens (including phenoxy) is 1. The smallest absolute Gasteiger partial charge is 0.313 e. The molecular formula is C15H19NO2. The van der Waals surface area contributed by atoms with E-state index < -0.39 is 0 Å². The third-order valence-corrected chi connectivity index (χ3v) is 3.04. The van der Waals surface area contributed by atoms with Crippen LogP contribution in [-0.4, -0.2) is 12.6 Å². The van der Waals surface area contributed by atoms with E-state index in [4.69, 9.17) is 10.00 Å². The third-order valence-electron chi connectivity index (χ3n) is 3.04. The van der Waals surface area contributed by atoms with Crippen LogP contribution in [0.25, 0.3) is 0 Å². The van der Waals surface area contributed by atoms with E-state index in [1.54, 1.807) is 13.0 Å². The Hall–Kier alpha value is -1.82. The van der Waals surface area contributed by atoms with E-state index in [2.05, 4.69) is 6.07 Å². The van der Waals surface area contributed by atoms with Gasteiger partial charge in [-0.1, -0.05) is 26.0 Å². The minimum absolute atomic E-state index is 0.204. The monoisotopic (exact) mass is 245 g/mol. The Morgan fingerprint density at radius 3 is 2.61 bits per heavy atom. The number of nitriles is 1. The van der Waals surface area contributed by atoms with E-state index in [9.17, 15) is 4.79 Å². The van der Waals surface area contributed by atoms with E-state index >= 15 is 0 Å². The van der Waals surface area contributed by atoms with Gasteiger partial charge in [-0.25, -0.2) is 0 Å². The van der Waals surface area contributed by atoms with E-state index in [1.807, 2.05) is 26.0 Å². The number of rotatable bonds is 5. The van der Waals surface area contributed by atoms with Gasteiger partial charge in [-0.15, -0.1) is 0 Å². The second-order valence-electron chi connectivity index (χ2n) is 4.05. The molecule has 1 aromatic carbocycles. The summed E-state index contributed by atoms with van der Waals surface area (Å²) in [6.45, 7) is 6.14. The zero-order valence-corrected chi connectivity index (χ0v) is 11.2. The minimum Gasteiger partial charge on any atom is -0.466 e. The Morgan fingerprint density at radius 2 is 2.11 bits per heavy atom. The fraction of sp³-hybridized carbons (Fsp3) is 0.467. The van der Waals surface area contributed by atoms with Gasteiger partial charge in [0.1, 0.15) is 0 Å². The lowest BCUT2D eigenvalue weighted by Gasteiger charge is -2.18. The summed E-state index contributed by atoms with van der Waals surface area (Å²) in [6, 6.07) is 7.73. The van der Waals surface area contributed by atoms with Crippen LogP contribution >= 0.6 is 0 Å². The van der Waals surface area contributed by atoms with Crippen LogP contribution in [0.3, 0.4) is 0 Å². The number of carbonyl (C=O) groups is 1. The minimum atomic E-state index is -0.270. The highest BCUT2D eigenvalue weighted by atomic mass is 16.5. The molecule has 0 aliphatic heterocycles. The van der Waals surface area contributed by atoms with Gasteiger partial charge in [0.05, 0.1) is 24.2 Å². The van der Waals surface area contributed by atoms with Crippen molar-refractivity contribution in [2.24, 2.45) is 0 Å². The summed E-state index contributed by atoms with van der Waals surface area (Å²) < 4.78 is 5.10. The van der Waals surface area contributed by atoms with E-state index in [-0.39, 0.29) is 11.9 Å². The summed E-state index contributed by atoms with van der Waals surface area (Å²) in [5.74, 6) is -0.474. The maximum atomic E-state index is 11.9. The highest BCUT2D eigenvalue weighted by Gasteiger charge is 2.23. The fourth-order valence-corrected chi connectivity index (χ4v) is 2.19. The van der Waals surface area contributed by atoms with Crippen LogP contribution in [0.2, 0.25) is 0 Å². The molecule has 1 aromatic rings. The molecule has 0 saturated heterocycles. The highest BCUT2D eigenvalue weighted by molar-refractivity contribution is 5.79. The predicted octanol–water partition coefficient (Wildman–Crippen LogP) is 3.18. The molecule has 1 atom stereocenters. The average molecular weight is 245 g/mol. The lowest BCUT2D eigenvalue weighted by atomic mass is 9.88. The lowest BCUT2D eigenvalue weighted by molar-refractivity contribution is -0.145. The molecule has 3 nitrogen and oxygen atoms in total. The second-order valence-corrected chi connectivity index (χ2v) is 4.05.